The minimum atomic E-state index is -0.212. The highest BCUT2D eigenvalue weighted by Crippen LogP contribution is 2.30. The number of benzene rings is 2. The fourth-order valence-electron chi connectivity index (χ4n) is 4.21. The quantitative estimate of drug-likeness (QED) is 0.905. The van der Waals surface area contributed by atoms with Crippen molar-refractivity contribution in [1.82, 2.24) is 9.80 Å². The molecule has 2 fully saturated rings. The first-order valence-electron chi connectivity index (χ1n) is 9.85. The molecule has 0 saturated carbocycles. The highest BCUT2D eigenvalue weighted by molar-refractivity contribution is 5.83. The second-order valence-electron chi connectivity index (χ2n) is 7.36. The smallest absolute Gasteiger partial charge is 0.244 e. The second kappa shape index (κ2) is 8.01. The number of carbonyl (C=O) groups excluding carboxylic acids is 1. The third-order valence-corrected chi connectivity index (χ3v) is 5.67. The Balaban J connectivity index is 1.52. The van der Waals surface area contributed by atoms with Crippen LogP contribution in [0.4, 0.5) is 5.69 Å². The van der Waals surface area contributed by atoms with E-state index in [9.17, 15) is 9.90 Å². The number of likely N-dealkylation sites (tertiary alicyclic amines) is 1. The number of phenolic OH excluding ortho intramolecular Hbond substituents is 1. The number of amides is 1. The zero-order valence-corrected chi connectivity index (χ0v) is 15.6. The number of rotatable bonds is 4. The van der Waals surface area contributed by atoms with Crippen LogP contribution in [-0.4, -0.2) is 60.1 Å². The summed E-state index contributed by atoms with van der Waals surface area (Å²) in [6.45, 7) is 4.95. The van der Waals surface area contributed by atoms with Crippen LogP contribution in [0.25, 0.3) is 0 Å². The van der Waals surface area contributed by atoms with Gasteiger partial charge in [-0.1, -0.05) is 42.5 Å². The molecule has 1 unspecified atom stereocenters. The highest BCUT2D eigenvalue weighted by Gasteiger charge is 2.34. The van der Waals surface area contributed by atoms with Crippen LogP contribution in [0.15, 0.2) is 54.6 Å². The van der Waals surface area contributed by atoms with Gasteiger partial charge in [-0.15, -0.1) is 0 Å². The molecule has 0 spiro atoms. The van der Waals surface area contributed by atoms with Crippen LogP contribution in [0.5, 0.6) is 5.75 Å². The van der Waals surface area contributed by atoms with E-state index in [4.69, 9.17) is 0 Å². The van der Waals surface area contributed by atoms with E-state index in [0.29, 0.717) is 5.75 Å². The van der Waals surface area contributed by atoms with Crippen LogP contribution in [0.3, 0.4) is 0 Å². The number of hydrogen-bond acceptors (Lipinski definition) is 4. The molecule has 0 radical (unpaired) electrons. The summed E-state index contributed by atoms with van der Waals surface area (Å²) in [4.78, 5) is 19.8. The van der Waals surface area contributed by atoms with Gasteiger partial charge in [0.05, 0.1) is 5.69 Å². The Morgan fingerprint density at radius 1 is 0.815 bits per heavy atom. The van der Waals surface area contributed by atoms with E-state index in [1.165, 1.54) is 0 Å². The van der Waals surface area contributed by atoms with Gasteiger partial charge >= 0.3 is 0 Å². The minimum Gasteiger partial charge on any atom is -0.506 e. The number of aromatic hydroxyl groups is 1. The highest BCUT2D eigenvalue weighted by atomic mass is 16.3. The van der Waals surface area contributed by atoms with Crippen LogP contribution < -0.4 is 4.90 Å². The summed E-state index contributed by atoms with van der Waals surface area (Å²) >= 11 is 0. The molecule has 5 nitrogen and oxygen atoms in total. The number of para-hydroxylation sites is 2. The van der Waals surface area contributed by atoms with Crippen molar-refractivity contribution in [2.45, 2.75) is 18.9 Å². The summed E-state index contributed by atoms with van der Waals surface area (Å²) in [5, 5.41) is 10.1. The number of nitrogens with zero attached hydrogens (tertiary/aromatic N) is 3. The van der Waals surface area contributed by atoms with E-state index in [2.05, 4.69) is 21.9 Å². The Kier molecular flexibility index (Phi) is 5.30. The Morgan fingerprint density at radius 3 is 2.11 bits per heavy atom. The Morgan fingerprint density at radius 2 is 1.44 bits per heavy atom. The van der Waals surface area contributed by atoms with E-state index < -0.39 is 0 Å². The minimum absolute atomic E-state index is 0.212. The third kappa shape index (κ3) is 3.78. The molecule has 2 aliphatic rings. The van der Waals surface area contributed by atoms with Gasteiger partial charge in [-0.05, 0) is 30.5 Å². The number of carbonyl (C=O) groups is 1. The number of anilines is 1. The van der Waals surface area contributed by atoms with Crippen molar-refractivity contribution in [3.8, 4) is 5.75 Å². The van der Waals surface area contributed by atoms with Crippen molar-refractivity contribution in [2.75, 3.05) is 44.2 Å². The number of phenols is 1. The van der Waals surface area contributed by atoms with Gasteiger partial charge < -0.3 is 14.9 Å². The Labute approximate surface area is 160 Å². The fourth-order valence-corrected chi connectivity index (χ4v) is 4.21. The summed E-state index contributed by atoms with van der Waals surface area (Å²) in [5.41, 5.74) is 1.95. The maximum atomic E-state index is 13.3. The molecule has 0 aromatic heterocycles. The molecule has 2 heterocycles. The molecule has 142 valence electrons. The van der Waals surface area contributed by atoms with Crippen molar-refractivity contribution in [3.63, 3.8) is 0 Å². The summed E-state index contributed by atoms with van der Waals surface area (Å²) in [6.07, 6.45) is 2.21. The molecule has 27 heavy (non-hydrogen) atoms. The van der Waals surface area contributed by atoms with Crippen molar-refractivity contribution >= 4 is 11.6 Å². The van der Waals surface area contributed by atoms with Crippen LogP contribution in [0, 0.1) is 0 Å². The SMILES string of the molecule is O=C(C(c1ccccc1)N1CCN(c2ccccc2O)CC1)N1CCCC1. The average molecular weight is 365 g/mol. The van der Waals surface area contributed by atoms with Gasteiger partial charge in [-0.2, -0.15) is 0 Å². The van der Waals surface area contributed by atoms with Crippen LogP contribution in [-0.2, 0) is 4.79 Å². The third-order valence-electron chi connectivity index (χ3n) is 5.67. The molecule has 2 aromatic carbocycles. The van der Waals surface area contributed by atoms with Gasteiger partial charge in [0.2, 0.25) is 5.91 Å². The molecular weight excluding hydrogens is 338 g/mol. The zero-order valence-electron chi connectivity index (χ0n) is 15.6. The molecule has 2 aliphatic heterocycles. The van der Waals surface area contributed by atoms with E-state index in [0.717, 1.165) is 63.4 Å². The summed E-state index contributed by atoms with van der Waals surface area (Å²) in [5.74, 6) is 0.549. The van der Waals surface area contributed by atoms with Gasteiger partial charge in [0, 0.05) is 39.3 Å². The largest absolute Gasteiger partial charge is 0.506 e. The second-order valence-corrected chi connectivity index (χ2v) is 7.36. The first-order valence-corrected chi connectivity index (χ1v) is 9.85. The average Bonchev–Trinajstić information content (AvgIpc) is 3.25. The maximum Gasteiger partial charge on any atom is 0.244 e. The lowest BCUT2D eigenvalue weighted by Crippen LogP contribution is -2.51. The van der Waals surface area contributed by atoms with Crippen molar-refractivity contribution < 1.29 is 9.90 Å². The number of piperazine rings is 1. The zero-order chi connectivity index (χ0) is 18.6. The molecule has 4 rings (SSSR count). The Hall–Kier alpha value is -2.53. The van der Waals surface area contributed by atoms with Crippen LogP contribution in [0.1, 0.15) is 24.4 Å². The molecule has 2 saturated heterocycles. The molecule has 1 atom stereocenters. The van der Waals surface area contributed by atoms with Crippen molar-refractivity contribution in [3.05, 3.63) is 60.2 Å². The normalized spacial score (nSPS) is 19.3. The molecule has 0 aliphatic carbocycles. The molecule has 2 aromatic rings. The lowest BCUT2D eigenvalue weighted by molar-refractivity contribution is -0.136. The standard InChI is InChI=1S/C22H27N3O2/c26-20-11-5-4-10-19(20)23-14-16-24(17-15-23)21(18-8-2-1-3-9-18)22(27)25-12-6-7-13-25/h1-5,8-11,21,26H,6-7,12-17H2. The van der Waals surface area contributed by atoms with Crippen LogP contribution in [0.2, 0.25) is 0 Å². The first-order chi connectivity index (χ1) is 13.2. The molecule has 1 N–H and O–H groups in total. The topological polar surface area (TPSA) is 47.0 Å². The van der Waals surface area contributed by atoms with Gasteiger partial charge in [0.25, 0.3) is 0 Å². The number of hydrogen-bond donors (Lipinski definition) is 1. The molecule has 1 amide bonds. The molecule has 0 bridgehead atoms. The van der Waals surface area contributed by atoms with E-state index >= 15 is 0 Å². The summed E-state index contributed by atoms with van der Waals surface area (Å²) < 4.78 is 0. The predicted molar refractivity (Wildman–Crippen MR) is 107 cm³/mol. The predicted octanol–water partition coefficient (Wildman–Crippen LogP) is 2.88. The van der Waals surface area contributed by atoms with Gasteiger partial charge in [0.1, 0.15) is 11.8 Å². The summed E-state index contributed by atoms with van der Waals surface area (Å²) in [6, 6.07) is 17.4. The monoisotopic (exact) mass is 365 g/mol. The molecular formula is C22H27N3O2. The summed E-state index contributed by atoms with van der Waals surface area (Å²) in [7, 11) is 0. The van der Waals surface area contributed by atoms with E-state index in [1.54, 1.807) is 6.07 Å². The Bertz CT molecular complexity index is 766. The van der Waals surface area contributed by atoms with Gasteiger partial charge in [0.15, 0.2) is 0 Å². The lowest BCUT2D eigenvalue weighted by Gasteiger charge is -2.40. The maximum absolute atomic E-state index is 13.3. The van der Waals surface area contributed by atoms with Gasteiger partial charge in [-0.3, -0.25) is 9.69 Å². The van der Waals surface area contributed by atoms with E-state index in [-0.39, 0.29) is 11.9 Å². The fraction of sp³-hybridized carbons (Fsp3) is 0.409. The lowest BCUT2D eigenvalue weighted by atomic mass is 10.0. The molecule has 5 heteroatoms. The van der Waals surface area contributed by atoms with E-state index in [1.807, 2.05) is 41.3 Å². The van der Waals surface area contributed by atoms with Crippen molar-refractivity contribution in [2.24, 2.45) is 0 Å². The van der Waals surface area contributed by atoms with Crippen LogP contribution >= 0.6 is 0 Å². The van der Waals surface area contributed by atoms with Crippen molar-refractivity contribution in [1.29, 1.82) is 0 Å². The van der Waals surface area contributed by atoms with Gasteiger partial charge in [-0.25, -0.2) is 0 Å². The first kappa shape index (κ1) is 17.9.